The highest BCUT2D eigenvalue weighted by atomic mass is 31.2. The number of phosphoric ester groups is 2. The van der Waals surface area contributed by atoms with Gasteiger partial charge in [-0.1, -0.05) is 249 Å². The Balaban J connectivity index is 5.31. The molecule has 0 saturated heterocycles. The molecule has 536 valence electrons. The van der Waals surface area contributed by atoms with Crippen LogP contribution < -0.4 is 0 Å². The summed E-state index contributed by atoms with van der Waals surface area (Å²) in [6, 6.07) is 0. The Kier molecular flexibility index (Phi) is 64.0. The van der Waals surface area contributed by atoms with E-state index >= 15 is 0 Å². The number of esters is 4. The van der Waals surface area contributed by atoms with Gasteiger partial charge in [0.2, 0.25) is 0 Å². The monoisotopic (exact) mass is 1340 g/mol. The van der Waals surface area contributed by atoms with Gasteiger partial charge < -0.3 is 33.8 Å². The van der Waals surface area contributed by atoms with Crippen molar-refractivity contribution in [3.63, 3.8) is 0 Å². The van der Waals surface area contributed by atoms with E-state index in [1.54, 1.807) is 0 Å². The van der Waals surface area contributed by atoms with Crippen molar-refractivity contribution in [2.24, 2.45) is 0 Å². The second kappa shape index (κ2) is 66.4. The fourth-order valence-electron chi connectivity index (χ4n) is 9.81. The van der Waals surface area contributed by atoms with Crippen LogP contribution in [-0.2, 0) is 65.4 Å². The molecule has 17 nitrogen and oxygen atoms in total. The summed E-state index contributed by atoms with van der Waals surface area (Å²) in [5.41, 5.74) is 0. The highest BCUT2D eigenvalue weighted by molar-refractivity contribution is 7.47. The summed E-state index contributed by atoms with van der Waals surface area (Å²) >= 11 is 0. The van der Waals surface area contributed by atoms with Crippen molar-refractivity contribution in [2.45, 2.75) is 341 Å². The molecule has 0 aliphatic rings. The average Bonchev–Trinajstić information content (AvgIpc) is 3.33. The van der Waals surface area contributed by atoms with Crippen LogP contribution in [0.5, 0.6) is 0 Å². The summed E-state index contributed by atoms with van der Waals surface area (Å²) < 4.78 is 68.3. The van der Waals surface area contributed by atoms with Gasteiger partial charge in [0.15, 0.2) is 12.2 Å². The van der Waals surface area contributed by atoms with Gasteiger partial charge in [-0.25, -0.2) is 9.13 Å². The molecule has 5 unspecified atom stereocenters. The highest BCUT2D eigenvalue weighted by Gasteiger charge is 2.30. The van der Waals surface area contributed by atoms with E-state index in [2.05, 4.69) is 88.5 Å². The van der Waals surface area contributed by atoms with Gasteiger partial charge in [0.1, 0.15) is 19.3 Å². The Morgan fingerprint density at radius 3 is 0.891 bits per heavy atom. The number of hydrogen-bond donors (Lipinski definition) is 3. The zero-order valence-corrected chi connectivity index (χ0v) is 60.0. The third-order valence-corrected chi connectivity index (χ3v) is 17.3. The summed E-state index contributed by atoms with van der Waals surface area (Å²) in [4.78, 5) is 72.6. The minimum absolute atomic E-state index is 0.0851. The SMILES string of the molecule is CCC/C=C\C/C=C\CCCCCCCC(=O)OCC(COP(=O)(O)OCC(O)COP(=O)(O)OCC(COC(=O)CCCCCCC/C=C\C/C=C\CCCCC)OC(=O)CCCCCCCCCCCCC)OC(=O)CCCCCCC/C=C\CCCCCC. The summed E-state index contributed by atoms with van der Waals surface area (Å²) in [7, 11) is -9.93. The van der Waals surface area contributed by atoms with Crippen LogP contribution in [0.2, 0.25) is 0 Å². The first-order chi connectivity index (χ1) is 44.7. The molecule has 0 spiro atoms. The predicted octanol–water partition coefficient (Wildman–Crippen LogP) is 20.3. The van der Waals surface area contributed by atoms with Gasteiger partial charge in [-0.15, -0.1) is 0 Å². The Morgan fingerprint density at radius 2 is 0.554 bits per heavy atom. The van der Waals surface area contributed by atoms with E-state index in [4.69, 9.17) is 37.0 Å². The Hall–Kier alpha value is -3.24. The van der Waals surface area contributed by atoms with Crippen molar-refractivity contribution >= 4 is 39.5 Å². The zero-order chi connectivity index (χ0) is 67.5. The smallest absolute Gasteiger partial charge is 0.462 e. The van der Waals surface area contributed by atoms with Crippen LogP contribution >= 0.6 is 15.6 Å². The number of unbranched alkanes of at least 4 members (excludes halogenated alkanes) is 33. The predicted molar refractivity (Wildman–Crippen MR) is 372 cm³/mol. The molecule has 0 bridgehead atoms. The summed E-state index contributed by atoms with van der Waals surface area (Å²) in [6.07, 6.45) is 62.2. The molecule has 3 N–H and O–H groups in total. The molecule has 0 aliphatic carbocycles. The molecule has 19 heteroatoms. The van der Waals surface area contributed by atoms with Crippen molar-refractivity contribution in [3.8, 4) is 0 Å². The van der Waals surface area contributed by atoms with E-state index in [0.717, 1.165) is 161 Å². The van der Waals surface area contributed by atoms with Crippen molar-refractivity contribution in [1.29, 1.82) is 0 Å². The number of phosphoric acid groups is 2. The van der Waals surface area contributed by atoms with Gasteiger partial charge >= 0.3 is 39.5 Å². The third kappa shape index (κ3) is 65.4. The highest BCUT2D eigenvalue weighted by Crippen LogP contribution is 2.45. The molecular weight excluding hydrogens is 1210 g/mol. The summed E-state index contributed by atoms with van der Waals surface area (Å²) in [6.45, 7) is 4.74. The first kappa shape index (κ1) is 88.8. The van der Waals surface area contributed by atoms with Crippen LogP contribution in [0.15, 0.2) is 60.8 Å². The molecule has 0 heterocycles. The zero-order valence-electron chi connectivity index (χ0n) is 58.2. The summed E-state index contributed by atoms with van der Waals surface area (Å²) in [5.74, 6) is -2.19. The first-order valence-electron chi connectivity index (χ1n) is 36.5. The number of hydrogen-bond acceptors (Lipinski definition) is 15. The van der Waals surface area contributed by atoms with E-state index in [0.29, 0.717) is 25.7 Å². The number of allylic oxidation sites excluding steroid dienone is 10. The van der Waals surface area contributed by atoms with Crippen LogP contribution in [0.4, 0.5) is 0 Å². The van der Waals surface area contributed by atoms with Gasteiger partial charge in [0, 0.05) is 25.7 Å². The van der Waals surface area contributed by atoms with Crippen LogP contribution in [0, 0.1) is 0 Å². The van der Waals surface area contributed by atoms with Crippen LogP contribution in [-0.4, -0.2) is 96.7 Å². The molecule has 0 aromatic carbocycles. The molecule has 92 heavy (non-hydrogen) atoms. The number of ether oxygens (including phenoxy) is 4. The van der Waals surface area contributed by atoms with Crippen LogP contribution in [0.3, 0.4) is 0 Å². The fourth-order valence-corrected chi connectivity index (χ4v) is 11.4. The van der Waals surface area contributed by atoms with E-state index < -0.39 is 97.5 Å². The Bertz CT molecular complexity index is 1990. The number of rotatable bonds is 69. The number of aliphatic hydroxyl groups is 1. The molecule has 0 aromatic heterocycles. The lowest BCUT2D eigenvalue weighted by Crippen LogP contribution is -2.30. The van der Waals surface area contributed by atoms with Crippen LogP contribution in [0.1, 0.15) is 323 Å². The van der Waals surface area contributed by atoms with Crippen molar-refractivity contribution in [2.75, 3.05) is 39.6 Å². The van der Waals surface area contributed by atoms with Crippen molar-refractivity contribution in [3.05, 3.63) is 60.8 Å². The average molecular weight is 1340 g/mol. The molecule has 0 radical (unpaired) electrons. The maximum absolute atomic E-state index is 13.0. The maximum Gasteiger partial charge on any atom is 0.472 e. The molecule has 0 saturated carbocycles. The minimum atomic E-state index is -4.97. The molecule has 0 amide bonds. The lowest BCUT2D eigenvalue weighted by Gasteiger charge is -2.21. The fraction of sp³-hybridized carbons (Fsp3) is 0.808. The van der Waals surface area contributed by atoms with E-state index in [9.17, 15) is 43.2 Å². The van der Waals surface area contributed by atoms with Crippen molar-refractivity contribution < 1.29 is 80.2 Å². The maximum atomic E-state index is 13.0. The van der Waals surface area contributed by atoms with Gasteiger partial charge in [-0.05, 0) is 109 Å². The van der Waals surface area contributed by atoms with Crippen LogP contribution in [0.25, 0.3) is 0 Å². The second-order valence-corrected chi connectivity index (χ2v) is 27.4. The third-order valence-electron chi connectivity index (χ3n) is 15.4. The molecule has 0 aromatic rings. The number of carbonyl (C=O) groups is 4. The quantitative estimate of drug-likeness (QED) is 0.0169. The van der Waals surface area contributed by atoms with Crippen molar-refractivity contribution in [1.82, 2.24) is 0 Å². The normalized spacial score (nSPS) is 14.4. The van der Waals surface area contributed by atoms with Gasteiger partial charge in [0.25, 0.3) is 0 Å². The lowest BCUT2D eigenvalue weighted by molar-refractivity contribution is -0.161. The standard InChI is InChI=1S/C73H132O17P2/c1-5-9-13-17-21-25-29-32-33-36-39-42-46-50-54-58-71(76)84-63-68(89-72(77)59-55-51-47-43-37-28-24-20-16-12-8-4)65-87-91(79,80)85-61-67(74)62-86-92(81,82)88-66-69(90-73(78)60-56-52-48-44-40-35-31-27-23-19-15-11-7-3)64-83-70(75)57-53-49-45-41-38-34-30-26-22-18-14-10-6-2/h14,18,21,25-27,30-33,67-69,74H,5-13,15-17,19-20,22-24,28-29,34-66H2,1-4H3,(H,79,80)(H,81,82)/b18-14-,25-21-,30-26-,31-27-,33-32-. The molecule has 0 aliphatic heterocycles. The molecular formula is C73H132O17P2. The topological polar surface area (TPSA) is 237 Å². The minimum Gasteiger partial charge on any atom is -0.462 e. The lowest BCUT2D eigenvalue weighted by atomic mass is 10.1. The van der Waals surface area contributed by atoms with E-state index in [1.165, 1.54) is 83.5 Å². The number of carbonyl (C=O) groups excluding carboxylic acids is 4. The first-order valence-corrected chi connectivity index (χ1v) is 39.5. The second-order valence-electron chi connectivity index (χ2n) is 24.5. The molecule has 5 atom stereocenters. The van der Waals surface area contributed by atoms with Gasteiger partial charge in [-0.3, -0.25) is 37.3 Å². The largest absolute Gasteiger partial charge is 0.472 e. The number of aliphatic hydroxyl groups excluding tert-OH is 1. The summed E-state index contributed by atoms with van der Waals surface area (Å²) in [5, 5.41) is 10.6. The Labute approximate surface area is 559 Å². The van der Waals surface area contributed by atoms with Gasteiger partial charge in [-0.2, -0.15) is 0 Å². The van der Waals surface area contributed by atoms with Gasteiger partial charge in [0.05, 0.1) is 26.4 Å². The van der Waals surface area contributed by atoms with E-state index in [-0.39, 0.29) is 25.7 Å². The van der Waals surface area contributed by atoms with E-state index in [1.807, 2.05) is 0 Å². The molecule has 0 rings (SSSR count). The molecule has 0 fully saturated rings. The Morgan fingerprint density at radius 1 is 0.304 bits per heavy atom.